The van der Waals surface area contributed by atoms with Crippen LogP contribution in [0.4, 0.5) is 4.39 Å². The van der Waals surface area contributed by atoms with Gasteiger partial charge in [0, 0.05) is 6.07 Å². The average Bonchev–Trinajstić information content (AvgIpc) is 2.57. The fourth-order valence-corrected chi connectivity index (χ4v) is 3.25. The Kier molecular flexibility index (Phi) is 6.87. The highest BCUT2D eigenvalue weighted by atomic mass is 19.1. The molecule has 128 valence electrons. The van der Waals surface area contributed by atoms with E-state index in [0.29, 0.717) is 5.75 Å². The van der Waals surface area contributed by atoms with Gasteiger partial charge in [-0.2, -0.15) is 0 Å². The lowest BCUT2D eigenvalue weighted by atomic mass is 9.80. The van der Waals surface area contributed by atoms with Crippen LogP contribution in [0.2, 0.25) is 0 Å². The van der Waals surface area contributed by atoms with Gasteiger partial charge in [-0.25, -0.2) is 4.39 Å². The Bertz CT molecular complexity index is 507. The summed E-state index contributed by atoms with van der Waals surface area (Å²) in [6.45, 7) is 2.21. The Morgan fingerprint density at radius 2 is 1.96 bits per heavy atom. The normalized spacial score (nSPS) is 21.0. The molecular weight excluding hydrogens is 295 g/mol. The minimum absolute atomic E-state index is 0.0131. The van der Waals surface area contributed by atoms with Crippen LogP contribution >= 0.6 is 0 Å². The van der Waals surface area contributed by atoms with Crippen LogP contribution in [0, 0.1) is 17.7 Å². The van der Waals surface area contributed by atoms with Crippen molar-refractivity contribution in [1.82, 2.24) is 0 Å². The highest BCUT2D eigenvalue weighted by molar-refractivity contribution is 5.75. The molecule has 1 aromatic carbocycles. The molecule has 0 saturated heterocycles. The molecule has 1 aromatic rings. The molecule has 0 N–H and O–H groups in total. The van der Waals surface area contributed by atoms with Gasteiger partial charge in [0.05, 0.1) is 13.0 Å². The maximum atomic E-state index is 13.8. The summed E-state index contributed by atoms with van der Waals surface area (Å²) < 4.78 is 24.0. The van der Waals surface area contributed by atoms with Gasteiger partial charge in [-0.05, 0) is 43.7 Å². The Hall–Kier alpha value is -1.58. The monoisotopic (exact) mass is 322 g/mol. The first kappa shape index (κ1) is 17.8. The van der Waals surface area contributed by atoms with E-state index in [1.165, 1.54) is 44.9 Å². The summed E-state index contributed by atoms with van der Waals surface area (Å²) in [6.07, 6.45) is 8.95. The molecule has 0 atom stereocenters. The second-order valence-electron chi connectivity index (χ2n) is 6.43. The van der Waals surface area contributed by atoms with E-state index in [0.717, 1.165) is 31.6 Å². The second kappa shape index (κ2) is 8.90. The number of rotatable bonds is 7. The van der Waals surface area contributed by atoms with Crippen molar-refractivity contribution in [2.45, 2.75) is 58.3 Å². The molecule has 2 rings (SSSR count). The molecule has 0 aliphatic heterocycles. The van der Waals surface area contributed by atoms with E-state index >= 15 is 0 Å². The van der Waals surface area contributed by atoms with Crippen molar-refractivity contribution in [3.63, 3.8) is 0 Å². The summed E-state index contributed by atoms with van der Waals surface area (Å²) in [4.78, 5) is 12.2. The zero-order valence-electron chi connectivity index (χ0n) is 14.1. The lowest BCUT2D eigenvalue weighted by molar-refractivity contribution is -0.140. The minimum Gasteiger partial charge on any atom is -0.497 e. The van der Waals surface area contributed by atoms with E-state index in [4.69, 9.17) is 9.47 Å². The number of methoxy groups -OCH3 is 1. The number of carbonyl (C=O) groups is 1. The van der Waals surface area contributed by atoms with Crippen LogP contribution in [0.5, 0.6) is 11.5 Å². The number of carbonyl (C=O) groups excluding carboxylic acids is 1. The summed E-state index contributed by atoms with van der Waals surface area (Å²) in [5.41, 5.74) is 0. The lowest BCUT2D eigenvalue weighted by Gasteiger charge is -2.27. The van der Waals surface area contributed by atoms with Gasteiger partial charge in [-0.15, -0.1) is 0 Å². The predicted molar refractivity (Wildman–Crippen MR) is 88.2 cm³/mol. The molecule has 1 fully saturated rings. The summed E-state index contributed by atoms with van der Waals surface area (Å²) in [5.74, 6) is 0.171. The highest BCUT2D eigenvalue weighted by Gasteiger charge is 2.28. The standard InChI is InChI=1S/C19H27FO3/c1-3-4-5-6-14-7-9-15(10-8-14)19(21)23-18-12-11-16(22-2)13-17(18)20/h11-15H,3-10H2,1-2H3. The zero-order valence-corrected chi connectivity index (χ0v) is 14.1. The van der Waals surface area contributed by atoms with Crippen LogP contribution in [0.25, 0.3) is 0 Å². The fraction of sp³-hybridized carbons (Fsp3) is 0.632. The minimum atomic E-state index is -0.564. The van der Waals surface area contributed by atoms with Gasteiger partial charge in [-0.3, -0.25) is 4.79 Å². The fourth-order valence-electron chi connectivity index (χ4n) is 3.25. The van der Waals surface area contributed by atoms with Gasteiger partial charge in [-0.1, -0.05) is 32.6 Å². The smallest absolute Gasteiger partial charge is 0.314 e. The van der Waals surface area contributed by atoms with Crippen LogP contribution in [0.3, 0.4) is 0 Å². The molecule has 0 radical (unpaired) electrons. The number of halogens is 1. The van der Waals surface area contributed by atoms with Gasteiger partial charge >= 0.3 is 5.97 Å². The van der Waals surface area contributed by atoms with Crippen molar-refractivity contribution >= 4 is 5.97 Å². The van der Waals surface area contributed by atoms with Crippen LogP contribution in [0.15, 0.2) is 18.2 Å². The summed E-state index contributed by atoms with van der Waals surface area (Å²) in [5, 5.41) is 0. The molecule has 23 heavy (non-hydrogen) atoms. The molecule has 0 amide bonds. The topological polar surface area (TPSA) is 35.5 Å². The molecule has 4 heteroatoms. The number of ether oxygens (including phenoxy) is 2. The van der Waals surface area contributed by atoms with Crippen molar-refractivity contribution in [3.8, 4) is 11.5 Å². The van der Waals surface area contributed by atoms with Gasteiger partial charge in [0.1, 0.15) is 5.75 Å². The van der Waals surface area contributed by atoms with E-state index < -0.39 is 5.82 Å². The summed E-state index contributed by atoms with van der Waals surface area (Å²) >= 11 is 0. The molecule has 0 spiro atoms. The van der Waals surface area contributed by atoms with Crippen LogP contribution < -0.4 is 9.47 Å². The number of benzene rings is 1. The molecule has 3 nitrogen and oxygen atoms in total. The van der Waals surface area contributed by atoms with E-state index in [1.807, 2.05) is 0 Å². The third-order valence-electron chi connectivity index (χ3n) is 4.75. The first-order valence-electron chi connectivity index (χ1n) is 8.69. The van der Waals surface area contributed by atoms with Crippen molar-refractivity contribution < 1.29 is 18.7 Å². The Morgan fingerprint density at radius 3 is 2.57 bits per heavy atom. The number of unbranched alkanes of at least 4 members (excludes halogenated alkanes) is 2. The number of esters is 1. The first-order chi connectivity index (χ1) is 11.1. The molecule has 0 heterocycles. The Balaban J connectivity index is 1.81. The van der Waals surface area contributed by atoms with Crippen molar-refractivity contribution in [2.75, 3.05) is 7.11 Å². The maximum absolute atomic E-state index is 13.8. The van der Waals surface area contributed by atoms with Crippen molar-refractivity contribution in [3.05, 3.63) is 24.0 Å². The average molecular weight is 322 g/mol. The molecule has 0 bridgehead atoms. The first-order valence-corrected chi connectivity index (χ1v) is 8.69. The Labute approximate surface area is 138 Å². The van der Waals surface area contributed by atoms with Crippen molar-refractivity contribution in [2.24, 2.45) is 11.8 Å². The van der Waals surface area contributed by atoms with E-state index in [9.17, 15) is 9.18 Å². The largest absolute Gasteiger partial charge is 0.497 e. The van der Waals surface area contributed by atoms with E-state index in [-0.39, 0.29) is 17.6 Å². The molecule has 0 unspecified atom stereocenters. The summed E-state index contributed by atoms with van der Waals surface area (Å²) in [6, 6.07) is 4.27. The SMILES string of the molecule is CCCCCC1CCC(C(=O)Oc2ccc(OC)cc2F)CC1. The van der Waals surface area contributed by atoms with E-state index in [1.54, 1.807) is 6.07 Å². The quantitative estimate of drug-likeness (QED) is 0.397. The van der Waals surface area contributed by atoms with Gasteiger partial charge in [0.2, 0.25) is 0 Å². The third kappa shape index (κ3) is 5.22. The number of hydrogen-bond acceptors (Lipinski definition) is 3. The van der Waals surface area contributed by atoms with Crippen LogP contribution in [-0.2, 0) is 4.79 Å². The van der Waals surface area contributed by atoms with Crippen molar-refractivity contribution in [1.29, 1.82) is 0 Å². The third-order valence-corrected chi connectivity index (χ3v) is 4.75. The van der Waals surface area contributed by atoms with E-state index in [2.05, 4.69) is 6.92 Å². The van der Waals surface area contributed by atoms with Crippen LogP contribution in [0.1, 0.15) is 58.3 Å². The molecule has 1 saturated carbocycles. The second-order valence-corrected chi connectivity index (χ2v) is 6.43. The highest BCUT2D eigenvalue weighted by Crippen LogP contribution is 2.33. The zero-order chi connectivity index (χ0) is 16.7. The van der Waals surface area contributed by atoms with Crippen LogP contribution in [-0.4, -0.2) is 13.1 Å². The Morgan fingerprint density at radius 1 is 1.22 bits per heavy atom. The number of hydrogen-bond donors (Lipinski definition) is 0. The molecule has 1 aliphatic carbocycles. The molecule has 0 aromatic heterocycles. The summed E-state index contributed by atoms with van der Waals surface area (Å²) in [7, 11) is 1.47. The lowest BCUT2D eigenvalue weighted by Crippen LogP contribution is -2.26. The molecular formula is C19H27FO3. The van der Waals surface area contributed by atoms with Gasteiger partial charge < -0.3 is 9.47 Å². The predicted octanol–water partition coefficient (Wildman–Crippen LogP) is 5.13. The maximum Gasteiger partial charge on any atom is 0.314 e. The molecule has 1 aliphatic rings. The van der Waals surface area contributed by atoms with Gasteiger partial charge in [0.25, 0.3) is 0 Å². The van der Waals surface area contributed by atoms with Gasteiger partial charge in [0.15, 0.2) is 11.6 Å².